The van der Waals surface area contributed by atoms with Crippen molar-refractivity contribution in [3.05, 3.63) is 30.1 Å². The molecule has 0 aliphatic carbocycles. The van der Waals surface area contributed by atoms with Crippen molar-refractivity contribution in [1.82, 2.24) is 9.66 Å². The molecule has 2 aliphatic heterocycles. The van der Waals surface area contributed by atoms with Gasteiger partial charge in [0.05, 0.1) is 0 Å². The minimum atomic E-state index is 0.493. The number of rotatable bonds is 1. The number of aromatic nitrogens is 2. The van der Waals surface area contributed by atoms with E-state index in [0.717, 1.165) is 11.4 Å². The second-order valence-electron chi connectivity index (χ2n) is 3.52. The highest BCUT2D eigenvalue weighted by Gasteiger charge is 2.14. The molecule has 3 heteroatoms. The molecule has 2 N–H and O–H groups in total. The van der Waals surface area contributed by atoms with E-state index in [9.17, 15) is 0 Å². The molecular formula is C10H13N3. The molecule has 0 amide bonds. The van der Waals surface area contributed by atoms with Gasteiger partial charge in [0, 0.05) is 18.0 Å². The predicted octanol–water partition coefficient (Wildman–Crippen LogP) is 1.83. The van der Waals surface area contributed by atoms with E-state index in [4.69, 9.17) is 5.84 Å². The van der Waals surface area contributed by atoms with Crippen LogP contribution in [-0.2, 0) is 0 Å². The number of nitrogen functional groups attached to an aromatic ring is 1. The summed E-state index contributed by atoms with van der Waals surface area (Å²) in [4.78, 5) is 4.28. The molecule has 0 aromatic rings. The standard InChI is InChI=1S/C10H13N3/c1-7(2)9-6-12-10-8(9)4-3-5-13(10)11/h3-7H,11H2,1-2H3. The van der Waals surface area contributed by atoms with Crippen LogP contribution in [0.25, 0.3) is 11.4 Å². The second kappa shape index (κ2) is 2.76. The smallest absolute Gasteiger partial charge is 0.158 e. The highest BCUT2D eigenvalue weighted by Crippen LogP contribution is 2.28. The van der Waals surface area contributed by atoms with Crippen LogP contribution in [-0.4, -0.2) is 9.66 Å². The van der Waals surface area contributed by atoms with Gasteiger partial charge in [-0.05, 0) is 23.6 Å². The van der Waals surface area contributed by atoms with E-state index in [0.29, 0.717) is 5.92 Å². The fourth-order valence-corrected chi connectivity index (χ4v) is 1.54. The van der Waals surface area contributed by atoms with Gasteiger partial charge in [-0.15, -0.1) is 0 Å². The molecule has 2 rings (SSSR count). The lowest BCUT2D eigenvalue weighted by Gasteiger charge is -2.08. The lowest BCUT2D eigenvalue weighted by molar-refractivity contribution is 0.870. The van der Waals surface area contributed by atoms with E-state index in [2.05, 4.69) is 24.9 Å². The molecule has 13 heavy (non-hydrogen) atoms. The third-order valence-electron chi connectivity index (χ3n) is 2.25. The Morgan fingerprint density at radius 3 is 2.92 bits per heavy atom. The Balaban J connectivity index is 2.64. The zero-order valence-electron chi connectivity index (χ0n) is 7.86. The predicted molar refractivity (Wildman–Crippen MR) is 53.1 cm³/mol. The molecule has 0 spiro atoms. The fourth-order valence-electron chi connectivity index (χ4n) is 1.54. The minimum Gasteiger partial charge on any atom is -0.338 e. The van der Waals surface area contributed by atoms with Crippen molar-refractivity contribution < 1.29 is 0 Å². The van der Waals surface area contributed by atoms with Crippen LogP contribution in [0.1, 0.15) is 25.3 Å². The largest absolute Gasteiger partial charge is 0.338 e. The second-order valence-corrected chi connectivity index (χ2v) is 3.52. The lowest BCUT2D eigenvalue weighted by Crippen LogP contribution is -2.11. The first kappa shape index (κ1) is 8.10. The molecule has 3 nitrogen and oxygen atoms in total. The van der Waals surface area contributed by atoms with Crippen LogP contribution in [0.2, 0.25) is 0 Å². The van der Waals surface area contributed by atoms with Crippen molar-refractivity contribution in [1.29, 1.82) is 0 Å². The lowest BCUT2D eigenvalue weighted by atomic mass is 10.0. The molecule has 68 valence electrons. The van der Waals surface area contributed by atoms with E-state index in [1.54, 1.807) is 10.9 Å². The average Bonchev–Trinajstić information content (AvgIpc) is 2.48. The van der Waals surface area contributed by atoms with Gasteiger partial charge in [0.15, 0.2) is 5.82 Å². The number of fused-ring (bicyclic) bond motifs is 1. The quantitative estimate of drug-likeness (QED) is 0.672. The van der Waals surface area contributed by atoms with Crippen LogP contribution in [0.3, 0.4) is 0 Å². The van der Waals surface area contributed by atoms with Crippen LogP contribution >= 0.6 is 0 Å². The van der Waals surface area contributed by atoms with Gasteiger partial charge in [-0.2, -0.15) is 0 Å². The van der Waals surface area contributed by atoms with E-state index in [1.807, 2.05) is 12.3 Å². The first-order chi connectivity index (χ1) is 6.20. The molecule has 0 radical (unpaired) electrons. The van der Waals surface area contributed by atoms with Gasteiger partial charge < -0.3 is 5.84 Å². The Morgan fingerprint density at radius 2 is 2.23 bits per heavy atom. The maximum Gasteiger partial charge on any atom is 0.158 e. The number of nitrogens with two attached hydrogens (primary N) is 1. The van der Waals surface area contributed by atoms with Gasteiger partial charge in [0.1, 0.15) is 0 Å². The monoisotopic (exact) mass is 175 g/mol. The third kappa shape index (κ3) is 1.16. The van der Waals surface area contributed by atoms with Crippen LogP contribution in [0.5, 0.6) is 0 Å². The summed E-state index contributed by atoms with van der Waals surface area (Å²) in [6.45, 7) is 4.31. The molecule has 0 saturated heterocycles. The summed E-state index contributed by atoms with van der Waals surface area (Å²) in [5.74, 6) is 7.07. The molecule has 0 aromatic heterocycles. The van der Waals surface area contributed by atoms with Gasteiger partial charge >= 0.3 is 0 Å². The molecule has 0 aromatic carbocycles. The Bertz CT molecular complexity index is 389. The van der Waals surface area contributed by atoms with Gasteiger partial charge in [-0.1, -0.05) is 13.8 Å². The molecule has 0 bridgehead atoms. The molecular weight excluding hydrogens is 162 g/mol. The molecule has 0 unspecified atom stereocenters. The average molecular weight is 175 g/mol. The molecule has 0 fully saturated rings. The molecule has 0 saturated carbocycles. The molecule has 2 aliphatic rings. The van der Waals surface area contributed by atoms with Crippen LogP contribution in [0.4, 0.5) is 0 Å². The maximum absolute atomic E-state index is 5.72. The fraction of sp³-hybridized carbons (Fsp3) is 0.300. The summed E-state index contributed by atoms with van der Waals surface area (Å²) < 4.78 is 1.56. The molecule has 2 heterocycles. The maximum atomic E-state index is 5.72. The van der Waals surface area contributed by atoms with Crippen LogP contribution < -0.4 is 5.84 Å². The van der Waals surface area contributed by atoms with Gasteiger partial charge in [0.2, 0.25) is 0 Å². The topological polar surface area (TPSA) is 43.8 Å². The Morgan fingerprint density at radius 1 is 1.46 bits per heavy atom. The van der Waals surface area contributed by atoms with Crippen molar-refractivity contribution in [3.8, 4) is 11.4 Å². The number of pyridine rings is 1. The highest BCUT2D eigenvalue weighted by molar-refractivity contribution is 5.63. The van der Waals surface area contributed by atoms with Crippen LogP contribution in [0, 0.1) is 0 Å². The highest BCUT2D eigenvalue weighted by atomic mass is 15.3. The summed E-state index contributed by atoms with van der Waals surface area (Å²) in [6, 6.07) is 4.00. The third-order valence-corrected chi connectivity index (χ3v) is 2.25. The van der Waals surface area contributed by atoms with E-state index in [1.165, 1.54) is 5.56 Å². The van der Waals surface area contributed by atoms with Crippen LogP contribution in [0.15, 0.2) is 24.5 Å². The first-order valence-corrected chi connectivity index (χ1v) is 4.41. The summed E-state index contributed by atoms with van der Waals surface area (Å²) in [5, 5.41) is 0. The van der Waals surface area contributed by atoms with Gasteiger partial charge in [0.25, 0.3) is 0 Å². The number of nitrogens with zero attached hydrogens (tertiary/aromatic N) is 2. The van der Waals surface area contributed by atoms with Crippen molar-refractivity contribution >= 4 is 0 Å². The summed E-state index contributed by atoms with van der Waals surface area (Å²) in [5.41, 5.74) is 2.41. The van der Waals surface area contributed by atoms with E-state index < -0.39 is 0 Å². The number of hydrogen-bond acceptors (Lipinski definition) is 2. The minimum absolute atomic E-state index is 0.493. The zero-order valence-corrected chi connectivity index (χ0v) is 7.86. The summed E-state index contributed by atoms with van der Waals surface area (Å²) in [6.07, 6.45) is 3.71. The van der Waals surface area contributed by atoms with Crippen molar-refractivity contribution in [2.75, 3.05) is 5.84 Å². The SMILES string of the molecule is CC(C)c1cnc2n(N)cccc1-2. The van der Waals surface area contributed by atoms with Gasteiger partial charge in [-0.25, -0.2) is 4.98 Å². The van der Waals surface area contributed by atoms with Crippen molar-refractivity contribution in [2.45, 2.75) is 19.8 Å². The van der Waals surface area contributed by atoms with E-state index in [-0.39, 0.29) is 0 Å². The van der Waals surface area contributed by atoms with Crippen molar-refractivity contribution in [2.24, 2.45) is 0 Å². The van der Waals surface area contributed by atoms with Gasteiger partial charge in [-0.3, -0.25) is 4.68 Å². The Labute approximate surface area is 77.5 Å². The molecule has 0 atom stereocenters. The van der Waals surface area contributed by atoms with Crippen molar-refractivity contribution in [3.63, 3.8) is 0 Å². The van der Waals surface area contributed by atoms with E-state index >= 15 is 0 Å². The Hall–Kier alpha value is -1.51. The summed E-state index contributed by atoms with van der Waals surface area (Å²) in [7, 11) is 0. The number of hydrogen-bond donors (Lipinski definition) is 1. The first-order valence-electron chi connectivity index (χ1n) is 4.41. The summed E-state index contributed by atoms with van der Waals surface area (Å²) >= 11 is 0. The normalized spacial score (nSPS) is 11.3. The Kier molecular flexibility index (Phi) is 1.72. The zero-order chi connectivity index (χ0) is 9.42.